The maximum absolute atomic E-state index is 13.9. The molecule has 1 aromatic carbocycles. The number of fused-ring (bicyclic) bond motifs is 3. The van der Waals surface area contributed by atoms with Crippen LogP contribution in [0.5, 0.6) is 5.75 Å². The van der Waals surface area contributed by atoms with Gasteiger partial charge in [0, 0.05) is 43.4 Å². The maximum atomic E-state index is 13.9. The van der Waals surface area contributed by atoms with E-state index in [0.717, 1.165) is 5.69 Å². The van der Waals surface area contributed by atoms with E-state index < -0.39 is 58.0 Å². The molecule has 4 rings (SSSR count). The number of hydrogen-bond acceptors (Lipinski definition) is 10. The van der Waals surface area contributed by atoms with E-state index in [9.17, 15) is 34.8 Å². The molecule has 11 heteroatoms. The lowest BCUT2D eigenvalue weighted by Gasteiger charge is -2.50. The Morgan fingerprint density at radius 1 is 1.11 bits per heavy atom. The van der Waals surface area contributed by atoms with Crippen molar-refractivity contribution in [3.05, 3.63) is 39.7 Å². The van der Waals surface area contributed by atoms with Gasteiger partial charge < -0.3 is 36.0 Å². The first kappa shape index (κ1) is 26.6. The molecule has 1 saturated carbocycles. The van der Waals surface area contributed by atoms with E-state index in [1.165, 1.54) is 4.90 Å². The van der Waals surface area contributed by atoms with Crippen LogP contribution in [0.25, 0.3) is 5.76 Å². The predicted molar refractivity (Wildman–Crippen MR) is 136 cm³/mol. The van der Waals surface area contributed by atoms with Crippen molar-refractivity contribution < 1.29 is 34.8 Å². The molecule has 0 saturated heterocycles. The van der Waals surface area contributed by atoms with Gasteiger partial charge in [0.1, 0.15) is 22.8 Å². The number of carbonyl (C=O) groups excluding carboxylic acids is 3. The Morgan fingerprint density at radius 3 is 2.24 bits per heavy atom. The van der Waals surface area contributed by atoms with Crippen LogP contribution in [-0.4, -0.2) is 102 Å². The summed E-state index contributed by atoms with van der Waals surface area (Å²) >= 11 is 0. The topological polar surface area (TPSA) is 168 Å². The number of aliphatic hydroxyl groups excluding tert-OH is 2. The Balaban J connectivity index is 2.00. The second-order valence-electron chi connectivity index (χ2n) is 10.9. The number of primary amides is 1. The minimum absolute atomic E-state index is 0.0544. The molecule has 3 aliphatic carbocycles. The molecular weight excluding hydrogens is 480 g/mol. The molecule has 6 N–H and O–H groups in total. The number of Topliss-reactive ketones (excluding diaryl/α,β-unsaturated/α-hetero) is 2. The lowest BCUT2D eigenvalue weighted by molar-refractivity contribution is -0.153. The van der Waals surface area contributed by atoms with Crippen LogP contribution in [0.15, 0.2) is 23.0 Å². The SMILES string of the molecule is CN(C)Cc1cc(N(C)C)c2c(c1O)C(O)=C1C(=O)[C@]3(O)C(O)=C(C(N)=O)C(=O)[C@@H](N(C)C)C3CC1C2. The van der Waals surface area contributed by atoms with E-state index in [4.69, 9.17) is 5.73 Å². The lowest BCUT2D eigenvalue weighted by Crippen LogP contribution is -2.65. The third-order valence-corrected chi connectivity index (χ3v) is 7.74. The number of benzene rings is 1. The molecule has 0 radical (unpaired) electrons. The van der Waals surface area contributed by atoms with Crippen molar-refractivity contribution in [1.29, 1.82) is 0 Å². The molecule has 200 valence electrons. The first-order valence-electron chi connectivity index (χ1n) is 12.0. The predicted octanol–water partition coefficient (Wildman–Crippen LogP) is 0.0916. The number of ketones is 2. The summed E-state index contributed by atoms with van der Waals surface area (Å²) < 4.78 is 0. The standard InChI is InChI=1S/C26H34N4O7/c1-28(2)10-12-9-15(29(3)4)13-7-11-8-14-19(30(5)6)22(33)18(25(27)36)24(35)26(14,37)23(34)16(11)21(32)17(13)20(12)31/h9,11,14,19,31-32,35,37H,7-8,10H2,1-6H3,(H2,27,36)/t11?,14?,19-,26-/m0/s1. The van der Waals surface area contributed by atoms with Crippen molar-refractivity contribution in [2.45, 2.75) is 31.0 Å². The highest BCUT2D eigenvalue weighted by Crippen LogP contribution is 2.54. The van der Waals surface area contributed by atoms with Gasteiger partial charge >= 0.3 is 0 Å². The van der Waals surface area contributed by atoms with Crippen molar-refractivity contribution in [3.63, 3.8) is 0 Å². The van der Waals surface area contributed by atoms with Gasteiger partial charge in [-0.25, -0.2) is 0 Å². The van der Waals surface area contributed by atoms with Crippen LogP contribution in [0.3, 0.4) is 0 Å². The molecule has 0 aliphatic heterocycles. The lowest BCUT2D eigenvalue weighted by atomic mass is 9.57. The zero-order valence-corrected chi connectivity index (χ0v) is 21.9. The number of likely N-dealkylation sites (N-methyl/N-ethyl adjacent to an activating group) is 1. The molecular formula is C26H34N4O7. The van der Waals surface area contributed by atoms with Gasteiger partial charge in [0.2, 0.25) is 5.78 Å². The summed E-state index contributed by atoms with van der Waals surface area (Å²) in [6.07, 6.45) is 0.302. The summed E-state index contributed by atoms with van der Waals surface area (Å²) in [7, 11) is 10.5. The first-order chi connectivity index (χ1) is 17.1. The maximum Gasteiger partial charge on any atom is 0.255 e. The van der Waals surface area contributed by atoms with Crippen molar-refractivity contribution >= 4 is 28.9 Å². The van der Waals surface area contributed by atoms with E-state index in [1.54, 1.807) is 14.1 Å². The Kier molecular flexibility index (Phi) is 6.38. The molecule has 0 aromatic heterocycles. The van der Waals surface area contributed by atoms with Crippen molar-refractivity contribution in [1.82, 2.24) is 9.80 Å². The van der Waals surface area contributed by atoms with Gasteiger partial charge in [0.25, 0.3) is 5.91 Å². The summed E-state index contributed by atoms with van der Waals surface area (Å²) in [6.45, 7) is 0.365. The number of nitrogens with zero attached hydrogens (tertiary/aromatic N) is 3. The summed E-state index contributed by atoms with van der Waals surface area (Å²) in [5, 5.41) is 45.3. The number of amides is 1. The quantitative estimate of drug-likeness (QED) is 0.340. The number of hydrogen-bond donors (Lipinski definition) is 5. The number of aromatic hydroxyl groups is 1. The van der Waals surface area contributed by atoms with Crippen LogP contribution in [-0.2, 0) is 27.3 Å². The van der Waals surface area contributed by atoms with E-state index >= 15 is 0 Å². The highest BCUT2D eigenvalue weighted by Gasteiger charge is 2.64. The number of phenols is 1. The zero-order valence-electron chi connectivity index (χ0n) is 21.9. The van der Waals surface area contributed by atoms with E-state index in [1.807, 2.05) is 44.1 Å². The fourth-order valence-corrected chi connectivity index (χ4v) is 6.21. The van der Waals surface area contributed by atoms with E-state index in [0.29, 0.717) is 17.7 Å². The molecule has 37 heavy (non-hydrogen) atoms. The minimum atomic E-state index is -2.65. The Morgan fingerprint density at radius 2 is 1.73 bits per heavy atom. The van der Waals surface area contributed by atoms with E-state index in [-0.39, 0.29) is 29.7 Å². The first-order valence-corrected chi connectivity index (χ1v) is 12.0. The molecule has 3 aliphatic rings. The fourth-order valence-electron chi connectivity index (χ4n) is 6.21. The highest BCUT2D eigenvalue weighted by atomic mass is 16.3. The summed E-state index contributed by atoms with van der Waals surface area (Å²) in [6, 6.07) is 0.732. The second-order valence-corrected chi connectivity index (χ2v) is 10.9. The molecule has 11 nitrogen and oxygen atoms in total. The van der Waals surface area contributed by atoms with Crippen LogP contribution >= 0.6 is 0 Å². The van der Waals surface area contributed by atoms with Gasteiger partial charge in [-0.2, -0.15) is 0 Å². The van der Waals surface area contributed by atoms with Gasteiger partial charge in [0.15, 0.2) is 11.4 Å². The van der Waals surface area contributed by atoms with Gasteiger partial charge in [-0.15, -0.1) is 0 Å². The van der Waals surface area contributed by atoms with Crippen LogP contribution < -0.4 is 10.6 Å². The van der Waals surface area contributed by atoms with Gasteiger partial charge in [0.05, 0.1) is 11.6 Å². The minimum Gasteiger partial charge on any atom is -0.508 e. The normalized spacial score (nSPS) is 27.4. The molecule has 0 spiro atoms. The average molecular weight is 515 g/mol. The smallest absolute Gasteiger partial charge is 0.255 e. The molecule has 0 bridgehead atoms. The Bertz CT molecular complexity index is 1280. The van der Waals surface area contributed by atoms with Crippen LogP contribution in [0.1, 0.15) is 23.1 Å². The van der Waals surface area contributed by atoms with Crippen LogP contribution in [0.2, 0.25) is 0 Å². The largest absolute Gasteiger partial charge is 0.508 e. The average Bonchev–Trinajstić information content (AvgIpc) is 2.77. The van der Waals surface area contributed by atoms with Crippen LogP contribution in [0.4, 0.5) is 5.69 Å². The molecule has 1 amide bonds. The third kappa shape index (κ3) is 3.72. The summed E-state index contributed by atoms with van der Waals surface area (Å²) in [5.41, 5.74) is 3.75. The zero-order chi connectivity index (χ0) is 27.7. The van der Waals surface area contributed by atoms with Crippen molar-refractivity contribution in [2.24, 2.45) is 17.6 Å². The number of nitrogens with two attached hydrogens (primary N) is 1. The monoisotopic (exact) mass is 514 g/mol. The van der Waals surface area contributed by atoms with Crippen molar-refractivity contribution in [2.75, 3.05) is 47.2 Å². The summed E-state index contributed by atoms with van der Waals surface area (Å²) in [4.78, 5) is 44.4. The molecule has 4 atom stereocenters. The number of phenolic OH excluding ortho intramolecular Hbond substituents is 1. The molecule has 1 aromatic rings. The molecule has 1 fully saturated rings. The summed E-state index contributed by atoms with van der Waals surface area (Å²) in [5.74, 6) is -6.52. The number of anilines is 1. The van der Waals surface area contributed by atoms with Gasteiger partial charge in [-0.1, -0.05) is 0 Å². The number of carbonyl (C=O) groups is 3. The molecule has 0 heterocycles. The third-order valence-electron chi connectivity index (χ3n) is 7.74. The van der Waals surface area contributed by atoms with Gasteiger partial charge in [-0.3, -0.25) is 19.3 Å². The van der Waals surface area contributed by atoms with E-state index in [2.05, 4.69) is 0 Å². The fraction of sp³-hybridized carbons (Fsp3) is 0.500. The van der Waals surface area contributed by atoms with Gasteiger partial charge in [-0.05, 0) is 58.6 Å². The number of rotatable bonds is 5. The van der Waals surface area contributed by atoms with Crippen LogP contribution in [0, 0.1) is 11.8 Å². The number of aliphatic hydroxyl groups is 3. The second kappa shape index (κ2) is 8.86. The molecule has 2 unspecified atom stereocenters. The Hall–Kier alpha value is -3.41. The van der Waals surface area contributed by atoms with Crippen molar-refractivity contribution in [3.8, 4) is 5.75 Å². The Labute approximate surface area is 215 Å². The highest BCUT2D eigenvalue weighted by molar-refractivity contribution is 6.24.